The van der Waals surface area contributed by atoms with Crippen molar-refractivity contribution < 1.29 is 18.7 Å². The van der Waals surface area contributed by atoms with Crippen LogP contribution in [-0.2, 0) is 9.53 Å². The van der Waals surface area contributed by atoms with Gasteiger partial charge in [-0.05, 0) is 30.3 Å². The van der Waals surface area contributed by atoms with E-state index in [0.29, 0.717) is 22.2 Å². The van der Waals surface area contributed by atoms with Gasteiger partial charge in [-0.15, -0.1) is 0 Å². The van der Waals surface area contributed by atoms with Gasteiger partial charge in [0.15, 0.2) is 18.1 Å². The van der Waals surface area contributed by atoms with Crippen molar-refractivity contribution in [3.63, 3.8) is 0 Å². The zero-order chi connectivity index (χ0) is 22.9. The number of carbonyl (C=O) groups excluding carboxylic acids is 2. The van der Waals surface area contributed by atoms with Crippen molar-refractivity contribution in [2.45, 2.75) is 12.8 Å². The van der Waals surface area contributed by atoms with E-state index in [4.69, 9.17) is 31.3 Å². The smallest absolute Gasteiger partial charge is 0.359 e. The Morgan fingerprint density at radius 3 is 2.50 bits per heavy atom. The summed E-state index contributed by atoms with van der Waals surface area (Å²) in [5.41, 5.74) is 1.09. The van der Waals surface area contributed by atoms with E-state index in [2.05, 4.69) is 5.10 Å². The third-order valence-corrected chi connectivity index (χ3v) is 4.65. The van der Waals surface area contributed by atoms with Crippen molar-refractivity contribution in [1.29, 1.82) is 10.5 Å². The second kappa shape index (κ2) is 10.8. The van der Waals surface area contributed by atoms with Gasteiger partial charge in [-0.3, -0.25) is 4.79 Å². The predicted octanol–water partition coefficient (Wildman–Crippen LogP) is 3.60. The highest BCUT2D eigenvalue weighted by atomic mass is 35.5. The Balaban J connectivity index is 1.78. The van der Waals surface area contributed by atoms with E-state index in [0.717, 1.165) is 0 Å². The third-order valence-electron chi connectivity index (χ3n) is 4.41. The highest BCUT2D eigenvalue weighted by Gasteiger charge is 2.21. The van der Waals surface area contributed by atoms with E-state index in [9.17, 15) is 9.59 Å². The molecule has 0 saturated heterocycles. The van der Waals surface area contributed by atoms with E-state index in [1.54, 1.807) is 36.4 Å². The maximum atomic E-state index is 12.6. The van der Waals surface area contributed by atoms with Gasteiger partial charge in [-0.2, -0.15) is 15.6 Å². The van der Waals surface area contributed by atoms with Crippen LogP contribution in [0.5, 0.6) is 0 Å². The number of nitrogens with zero attached hydrogens (tertiary/aromatic N) is 5. The van der Waals surface area contributed by atoms with Crippen LogP contribution in [0.2, 0.25) is 5.02 Å². The second-order valence-corrected chi connectivity index (χ2v) is 6.99. The first-order chi connectivity index (χ1) is 15.5. The van der Waals surface area contributed by atoms with Gasteiger partial charge in [-0.1, -0.05) is 17.7 Å². The van der Waals surface area contributed by atoms with Crippen LogP contribution in [0.3, 0.4) is 0 Å². The molecular formula is C22H18ClN5O4. The molecule has 9 nitrogen and oxygen atoms in total. The molecule has 1 aromatic carbocycles. The Labute approximate surface area is 189 Å². The standard InChI is InChI=1S/C22H18ClN5O4/c23-16-5-1-6-17(13-16)28-19(20-7-2-12-31-20)14-18(26-28)22(30)32-15-21(29)27(10-3-8-24)11-4-9-25/h1-2,5-7,12-14H,3-4,10-11,15H2. The molecule has 0 bridgehead atoms. The minimum absolute atomic E-state index is 0.0234. The van der Waals surface area contributed by atoms with Gasteiger partial charge < -0.3 is 14.1 Å². The Morgan fingerprint density at radius 1 is 1.12 bits per heavy atom. The zero-order valence-electron chi connectivity index (χ0n) is 16.9. The molecule has 0 radical (unpaired) electrons. The Kier molecular flexibility index (Phi) is 7.63. The molecule has 0 aliphatic heterocycles. The van der Waals surface area contributed by atoms with Gasteiger partial charge in [0.25, 0.3) is 5.91 Å². The van der Waals surface area contributed by atoms with E-state index >= 15 is 0 Å². The molecule has 0 saturated carbocycles. The maximum Gasteiger partial charge on any atom is 0.359 e. The van der Waals surface area contributed by atoms with Gasteiger partial charge in [0.1, 0.15) is 5.69 Å². The molecule has 2 heterocycles. The summed E-state index contributed by atoms with van der Waals surface area (Å²) in [4.78, 5) is 26.3. The van der Waals surface area contributed by atoms with Crippen molar-refractivity contribution in [3.05, 3.63) is 59.4 Å². The highest BCUT2D eigenvalue weighted by Crippen LogP contribution is 2.26. The number of aromatic nitrogens is 2. The molecular weight excluding hydrogens is 434 g/mol. The Hall–Kier alpha value is -4.08. The lowest BCUT2D eigenvalue weighted by Gasteiger charge is -2.19. The molecule has 1 amide bonds. The molecule has 0 fully saturated rings. The fourth-order valence-corrected chi connectivity index (χ4v) is 3.09. The van der Waals surface area contributed by atoms with Crippen molar-refractivity contribution in [3.8, 4) is 29.3 Å². The lowest BCUT2D eigenvalue weighted by Crippen LogP contribution is -2.36. The number of carbonyl (C=O) groups is 2. The van der Waals surface area contributed by atoms with Gasteiger partial charge in [-0.25, -0.2) is 9.48 Å². The van der Waals surface area contributed by atoms with Gasteiger partial charge in [0.05, 0.1) is 36.9 Å². The van der Waals surface area contributed by atoms with Crippen LogP contribution in [0, 0.1) is 22.7 Å². The molecule has 0 aliphatic carbocycles. The summed E-state index contributed by atoms with van der Waals surface area (Å²) in [5.74, 6) is -0.816. The predicted molar refractivity (Wildman–Crippen MR) is 114 cm³/mol. The first-order valence-corrected chi connectivity index (χ1v) is 10.00. The highest BCUT2D eigenvalue weighted by molar-refractivity contribution is 6.30. The van der Waals surface area contributed by atoms with E-state index < -0.39 is 18.5 Å². The molecule has 0 atom stereocenters. The average molecular weight is 452 g/mol. The molecule has 0 unspecified atom stereocenters. The van der Waals surface area contributed by atoms with Crippen LogP contribution < -0.4 is 0 Å². The van der Waals surface area contributed by atoms with Crippen LogP contribution in [0.4, 0.5) is 0 Å². The number of rotatable bonds is 9. The quantitative estimate of drug-likeness (QED) is 0.455. The number of furan rings is 1. The average Bonchev–Trinajstić information content (AvgIpc) is 3.47. The lowest BCUT2D eigenvalue weighted by atomic mass is 10.2. The number of ether oxygens (including phenoxy) is 1. The summed E-state index contributed by atoms with van der Waals surface area (Å²) in [7, 11) is 0. The van der Waals surface area contributed by atoms with Crippen molar-refractivity contribution in [1.82, 2.24) is 14.7 Å². The summed E-state index contributed by atoms with van der Waals surface area (Å²) < 4.78 is 12.1. The zero-order valence-corrected chi connectivity index (χ0v) is 17.7. The fourth-order valence-electron chi connectivity index (χ4n) is 2.91. The van der Waals surface area contributed by atoms with Crippen molar-refractivity contribution in [2.24, 2.45) is 0 Å². The monoisotopic (exact) mass is 451 g/mol. The second-order valence-electron chi connectivity index (χ2n) is 6.56. The molecule has 0 spiro atoms. The number of benzene rings is 1. The van der Waals surface area contributed by atoms with E-state index in [1.165, 1.54) is 21.9 Å². The summed E-state index contributed by atoms with van der Waals surface area (Å²) >= 11 is 6.09. The van der Waals surface area contributed by atoms with Gasteiger partial charge >= 0.3 is 5.97 Å². The fraction of sp³-hybridized carbons (Fsp3) is 0.227. The first kappa shape index (κ1) is 22.6. The van der Waals surface area contributed by atoms with Gasteiger partial charge in [0.2, 0.25) is 0 Å². The summed E-state index contributed by atoms with van der Waals surface area (Å²) in [5, 5.41) is 22.3. The number of amides is 1. The summed E-state index contributed by atoms with van der Waals surface area (Å²) in [6.45, 7) is -0.225. The minimum atomic E-state index is -0.799. The molecule has 32 heavy (non-hydrogen) atoms. The van der Waals surface area contributed by atoms with Crippen LogP contribution in [0.25, 0.3) is 17.1 Å². The molecule has 0 aliphatic rings. The molecule has 10 heteroatoms. The minimum Gasteiger partial charge on any atom is -0.463 e. The molecule has 0 N–H and O–H groups in total. The number of hydrogen-bond acceptors (Lipinski definition) is 7. The first-order valence-electron chi connectivity index (χ1n) is 9.62. The number of esters is 1. The van der Waals surface area contributed by atoms with Crippen LogP contribution in [0.15, 0.2) is 53.1 Å². The lowest BCUT2D eigenvalue weighted by molar-refractivity contribution is -0.134. The number of halogens is 1. The molecule has 3 rings (SSSR count). The largest absolute Gasteiger partial charge is 0.463 e. The van der Waals surface area contributed by atoms with E-state index in [1.807, 2.05) is 12.1 Å². The van der Waals surface area contributed by atoms with Crippen LogP contribution >= 0.6 is 11.6 Å². The van der Waals surface area contributed by atoms with Crippen LogP contribution in [0.1, 0.15) is 23.3 Å². The third kappa shape index (κ3) is 5.54. The SMILES string of the molecule is N#CCCN(CCC#N)C(=O)COC(=O)c1cc(-c2ccco2)n(-c2cccc(Cl)c2)n1. The molecule has 3 aromatic rings. The summed E-state index contributed by atoms with van der Waals surface area (Å²) in [6.07, 6.45) is 1.72. The Morgan fingerprint density at radius 2 is 1.88 bits per heavy atom. The number of nitriles is 2. The Bertz CT molecular complexity index is 1160. The van der Waals surface area contributed by atoms with Crippen LogP contribution in [-0.4, -0.2) is 46.3 Å². The topological polar surface area (TPSA) is 125 Å². The molecule has 162 valence electrons. The summed E-state index contributed by atoms with van der Waals surface area (Å²) in [6, 6.07) is 15.7. The normalized spacial score (nSPS) is 10.2. The van der Waals surface area contributed by atoms with E-state index in [-0.39, 0.29) is 31.6 Å². The van der Waals surface area contributed by atoms with Crippen molar-refractivity contribution >= 4 is 23.5 Å². The number of hydrogen-bond donors (Lipinski definition) is 0. The molecule has 2 aromatic heterocycles. The van der Waals surface area contributed by atoms with Crippen molar-refractivity contribution in [2.75, 3.05) is 19.7 Å². The van der Waals surface area contributed by atoms with Gasteiger partial charge in [0, 0.05) is 24.2 Å². The maximum absolute atomic E-state index is 12.6.